The third kappa shape index (κ3) is 2.79. The molecule has 1 N–H and O–H groups in total. The van der Waals surface area contributed by atoms with E-state index in [1.807, 2.05) is 24.3 Å². The van der Waals surface area contributed by atoms with Crippen molar-refractivity contribution >= 4 is 26.7 Å². The number of aliphatic hydroxyl groups excluding tert-OH is 1. The van der Waals surface area contributed by atoms with E-state index in [4.69, 9.17) is 0 Å². The van der Waals surface area contributed by atoms with Gasteiger partial charge in [0, 0.05) is 10.0 Å². The van der Waals surface area contributed by atoms with Crippen molar-refractivity contribution in [3.8, 4) is 33.4 Å². The molecule has 1 unspecified atom stereocenters. The van der Waals surface area contributed by atoms with Gasteiger partial charge in [0.1, 0.15) is 6.10 Å². The lowest BCUT2D eigenvalue weighted by Crippen LogP contribution is -2.00. The smallest absolute Gasteiger partial charge is 0.106 e. The number of benzene rings is 5. The van der Waals surface area contributed by atoms with Gasteiger partial charge in [0.05, 0.1) is 0 Å². The Morgan fingerprint density at radius 2 is 1.19 bits per heavy atom. The Balaban J connectivity index is 1.87. The van der Waals surface area contributed by atoms with Crippen molar-refractivity contribution in [3.05, 3.63) is 119 Å². The van der Waals surface area contributed by atoms with E-state index in [9.17, 15) is 5.11 Å². The minimum absolute atomic E-state index is 0.656. The van der Waals surface area contributed by atoms with Crippen LogP contribution in [0.5, 0.6) is 0 Å². The molecule has 148 valence electrons. The summed E-state index contributed by atoms with van der Waals surface area (Å²) in [5.74, 6) is 0. The van der Waals surface area contributed by atoms with Crippen LogP contribution >= 0.6 is 15.9 Å². The van der Waals surface area contributed by atoms with Crippen LogP contribution in [0.15, 0.2) is 108 Å². The second-order valence-corrected chi connectivity index (χ2v) is 8.87. The lowest BCUT2D eigenvalue weighted by atomic mass is 9.83. The van der Waals surface area contributed by atoms with Gasteiger partial charge in [0.25, 0.3) is 0 Å². The molecule has 5 aromatic carbocycles. The van der Waals surface area contributed by atoms with Gasteiger partial charge in [-0.25, -0.2) is 0 Å². The average molecular weight is 463 g/mol. The molecule has 31 heavy (non-hydrogen) atoms. The van der Waals surface area contributed by atoms with E-state index in [0.29, 0.717) is 0 Å². The van der Waals surface area contributed by atoms with Gasteiger partial charge in [-0.15, -0.1) is 0 Å². The quantitative estimate of drug-likeness (QED) is 0.281. The molecule has 2 heteroatoms. The fraction of sp³-hybridized carbons (Fsp3) is 0.0345. The van der Waals surface area contributed by atoms with Gasteiger partial charge in [-0.3, -0.25) is 0 Å². The normalized spacial score (nSPS) is 14.5. The highest BCUT2D eigenvalue weighted by atomic mass is 79.9. The molecule has 0 amide bonds. The van der Waals surface area contributed by atoms with Crippen LogP contribution < -0.4 is 0 Å². The van der Waals surface area contributed by atoms with Crippen LogP contribution in [0.2, 0.25) is 0 Å². The first-order valence-corrected chi connectivity index (χ1v) is 11.2. The summed E-state index contributed by atoms with van der Waals surface area (Å²) in [7, 11) is 0. The summed E-state index contributed by atoms with van der Waals surface area (Å²) < 4.78 is 1.04. The molecule has 5 aromatic rings. The van der Waals surface area contributed by atoms with Crippen LogP contribution in [0.1, 0.15) is 17.2 Å². The number of rotatable bonds is 2. The van der Waals surface area contributed by atoms with Gasteiger partial charge >= 0.3 is 0 Å². The molecule has 0 spiro atoms. The average Bonchev–Trinajstić information content (AvgIpc) is 3.11. The van der Waals surface area contributed by atoms with Gasteiger partial charge < -0.3 is 5.11 Å². The van der Waals surface area contributed by atoms with Gasteiger partial charge in [-0.05, 0) is 61.8 Å². The molecule has 0 fully saturated rings. The van der Waals surface area contributed by atoms with E-state index >= 15 is 0 Å². The lowest BCUT2D eigenvalue weighted by molar-refractivity contribution is 0.226. The summed E-state index contributed by atoms with van der Waals surface area (Å²) in [5, 5.41) is 13.9. The number of hydrogen-bond donors (Lipinski definition) is 1. The third-order valence-corrected chi connectivity index (χ3v) is 6.73. The maximum Gasteiger partial charge on any atom is 0.106 e. The van der Waals surface area contributed by atoms with Crippen LogP contribution in [-0.4, -0.2) is 5.11 Å². The zero-order valence-corrected chi connectivity index (χ0v) is 18.3. The zero-order valence-electron chi connectivity index (χ0n) is 16.7. The van der Waals surface area contributed by atoms with Crippen LogP contribution in [-0.2, 0) is 0 Å². The Morgan fingerprint density at radius 1 is 0.581 bits per heavy atom. The Labute approximate surface area is 189 Å². The molecule has 0 bridgehead atoms. The first-order valence-electron chi connectivity index (χ1n) is 10.4. The predicted octanol–water partition coefficient (Wildman–Crippen LogP) is 8.00. The minimum Gasteiger partial charge on any atom is -0.384 e. The van der Waals surface area contributed by atoms with Crippen molar-refractivity contribution < 1.29 is 5.11 Å². The molecule has 1 aliphatic rings. The van der Waals surface area contributed by atoms with Crippen molar-refractivity contribution in [3.63, 3.8) is 0 Å². The second-order valence-electron chi connectivity index (χ2n) is 7.95. The molecule has 1 nitrogen and oxygen atoms in total. The van der Waals surface area contributed by atoms with Crippen LogP contribution in [0.25, 0.3) is 44.2 Å². The van der Waals surface area contributed by atoms with Crippen LogP contribution in [0.3, 0.4) is 0 Å². The highest BCUT2D eigenvalue weighted by Crippen LogP contribution is 2.55. The van der Waals surface area contributed by atoms with Gasteiger partial charge in [0.2, 0.25) is 0 Å². The predicted molar refractivity (Wildman–Crippen MR) is 132 cm³/mol. The van der Waals surface area contributed by atoms with Gasteiger partial charge in [0.15, 0.2) is 0 Å². The van der Waals surface area contributed by atoms with Crippen LogP contribution in [0, 0.1) is 0 Å². The number of hydrogen-bond acceptors (Lipinski definition) is 1. The molecular weight excluding hydrogens is 444 g/mol. The fourth-order valence-corrected chi connectivity index (χ4v) is 5.33. The van der Waals surface area contributed by atoms with Crippen molar-refractivity contribution in [2.75, 3.05) is 0 Å². The van der Waals surface area contributed by atoms with Gasteiger partial charge in [-0.1, -0.05) is 107 Å². The monoisotopic (exact) mass is 462 g/mol. The van der Waals surface area contributed by atoms with Crippen molar-refractivity contribution in [1.29, 1.82) is 0 Å². The largest absolute Gasteiger partial charge is 0.384 e. The van der Waals surface area contributed by atoms with Gasteiger partial charge in [-0.2, -0.15) is 0 Å². The molecule has 0 saturated heterocycles. The van der Waals surface area contributed by atoms with E-state index in [2.05, 4.69) is 94.8 Å². The molecular formula is C29H19BrO. The number of aliphatic hydroxyl groups is 1. The Kier molecular flexibility index (Phi) is 4.31. The topological polar surface area (TPSA) is 20.2 Å². The van der Waals surface area contributed by atoms with E-state index in [-0.39, 0.29) is 0 Å². The highest BCUT2D eigenvalue weighted by Gasteiger charge is 2.34. The second kappa shape index (κ2) is 7.19. The minimum atomic E-state index is -0.656. The zero-order chi connectivity index (χ0) is 20.9. The molecule has 0 saturated carbocycles. The molecule has 0 heterocycles. The summed E-state index contributed by atoms with van der Waals surface area (Å²) >= 11 is 3.69. The summed E-state index contributed by atoms with van der Waals surface area (Å²) in [6, 6.07) is 35.7. The summed E-state index contributed by atoms with van der Waals surface area (Å²) in [6.45, 7) is 0. The third-order valence-electron chi connectivity index (χ3n) is 6.23. The maximum absolute atomic E-state index is 11.6. The standard InChI is InChI=1S/C29H19BrO/c30-20-15-16-22-24(17-20)26(19-11-5-2-6-12-19)27-21-13-7-8-14-23(21)29(31)28(27)25(22)18-9-3-1-4-10-18/h1-17,29,31H. The molecule has 0 radical (unpaired) electrons. The summed E-state index contributed by atoms with van der Waals surface area (Å²) in [6.07, 6.45) is -0.656. The van der Waals surface area contributed by atoms with E-state index in [0.717, 1.165) is 48.8 Å². The molecule has 1 aliphatic carbocycles. The van der Waals surface area contributed by atoms with E-state index < -0.39 is 6.10 Å². The Morgan fingerprint density at radius 3 is 1.90 bits per heavy atom. The number of fused-ring (bicyclic) bond motifs is 4. The fourth-order valence-electron chi connectivity index (χ4n) is 4.97. The highest BCUT2D eigenvalue weighted by molar-refractivity contribution is 9.10. The Bertz CT molecular complexity index is 1440. The first-order chi connectivity index (χ1) is 15.2. The lowest BCUT2D eigenvalue weighted by Gasteiger charge is -2.21. The maximum atomic E-state index is 11.6. The number of halogens is 1. The molecule has 6 rings (SSSR count). The summed E-state index contributed by atoms with van der Waals surface area (Å²) in [5.41, 5.74) is 8.80. The Hall–Kier alpha value is -3.20. The van der Waals surface area contributed by atoms with Crippen molar-refractivity contribution in [1.82, 2.24) is 0 Å². The van der Waals surface area contributed by atoms with Crippen molar-refractivity contribution in [2.45, 2.75) is 6.10 Å². The van der Waals surface area contributed by atoms with E-state index in [1.165, 1.54) is 10.9 Å². The molecule has 0 aromatic heterocycles. The van der Waals surface area contributed by atoms with E-state index in [1.54, 1.807) is 0 Å². The first kappa shape index (κ1) is 18.6. The molecule has 1 atom stereocenters. The van der Waals surface area contributed by atoms with Crippen molar-refractivity contribution in [2.24, 2.45) is 0 Å². The molecule has 0 aliphatic heterocycles. The van der Waals surface area contributed by atoms with Crippen LogP contribution in [0.4, 0.5) is 0 Å². The summed E-state index contributed by atoms with van der Waals surface area (Å²) in [4.78, 5) is 0. The SMILES string of the molecule is OC1c2ccccc2-c2c1c(-c1ccccc1)c1ccc(Br)cc1c2-c1ccccc1.